The smallest absolute Gasteiger partial charge is 0.414 e. The van der Waals surface area contributed by atoms with Gasteiger partial charge < -0.3 is 9.47 Å². The first-order chi connectivity index (χ1) is 13.3. The minimum absolute atomic E-state index is 0.0356. The molecule has 0 radical (unpaired) electrons. The van der Waals surface area contributed by atoms with E-state index in [1.54, 1.807) is 31.2 Å². The maximum Gasteiger partial charge on any atom is 0.414 e. The van der Waals surface area contributed by atoms with Crippen LogP contribution in [0, 0.1) is 0 Å². The van der Waals surface area contributed by atoms with Crippen molar-refractivity contribution >= 4 is 49.4 Å². The second-order valence-electron chi connectivity index (χ2n) is 5.79. The molecule has 0 atom stereocenters. The van der Waals surface area contributed by atoms with Crippen LogP contribution in [-0.2, 0) is 19.5 Å². The number of hydrogen-bond acceptors (Lipinski definition) is 6. The molecule has 28 heavy (non-hydrogen) atoms. The van der Waals surface area contributed by atoms with Crippen molar-refractivity contribution in [3.63, 3.8) is 0 Å². The molecule has 0 unspecified atom stereocenters. The van der Waals surface area contributed by atoms with Gasteiger partial charge in [0, 0.05) is 10.2 Å². The van der Waals surface area contributed by atoms with Gasteiger partial charge in [-0.25, -0.2) is 18.0 Å². The third-order valence-corrected chi connectivity index (χ3v) is 6.26. The Kier molecular flexibility index (Phi) is 5.90. The fourth-order valence-electron chi connectivity index (χ4n) is 2.64. The molecule has 8 nitrogen and oxygen atoms in total. The standard InChI is InChI=1S/C18H17BrN2O6S/c1-2-26-17(22)12-6-7-16(15(19)10-12)28(24,25)20-13-4-3-5-14(11-13)21-8-9-27-18(21)23/h3-7,10-11,20H,2,8-9H2,1H3. The van der Waals surface area contributed by atoms with Gasteiger partial charge in [-0.2, -0.15) is 0 Å². The van der Waals surface area contributed by atoms with E-state index in [2.05, 4.69) is 20.7 Å². The molecule has 148 valence electrons. The first kappa shape index (κ1) is 20.2. The van der Waals surface area contributed by atoms with Gasteiger partial charge in [0.25, 0.3) is 10.0 Å². The third kappa shape index (κ3) is 4.28. The van der Waals surface area contributed by atoms with Crippen LogP contribution in [0.1, 0.15) is 17.3 Å². The molecule has 0 saturated carbocycles. The highest BCUT2D eigenvalue weighted by Gasteiger charge is 2.24. The number of hydrogen-bond donors (Lipinski definition) is 1. The monoisotopic (exact) mass is 468 g/mol. The van der Waals surface area contributed by atoms with Gasteiger partial charge in [0.15, 0.2) is 0 Å². The highest BCUT2D eigenvalue weighted by atomic mass is 79.9. The minimum Gasteiger partial charge on any atom is -0.462 e. The van der Waals surface area contributed by atoms with Gasteiger partial charge in [0.2, 0.25) is 0 Å². The van der Waals surface area contributed by atoms with Crippen molar-refractivity contribution in [3.05, 3.63) is 52.5 Å². The molecule has 3 rings (SSSR count). The number of sulfonamides is 1. The zero-order chi connectivity index (χ0) is 20.3. The summed E-state index contributed by atoms with van der Waals surface area (Å²) in [4.78, 5) is 24.9. The zero-order valence-corrected chi connectivity index (χ0v) is 17.2. The summed E-state index contributed by atoms with van der Waals surface area (Å²) in [5.41, 5.74) is 1.06. The molecule has 1 saturated heterocycles. The summed E-state index contributed by atoms with van der Waals surface area (Å²) in [5, 5.41) is 0. The molecule has 0 bridgehead atoms. The third-order valence-electron chi connectivity index (χ3n) is 3.90. The normalized spacial score (nSPS) is 13.9. The predicted octanol–water partition coefficient (Wildman–Crippen LogP) is 3.38. The largest absolute Gasteiger partial charge is 0.462 e. The van der Waals surface area contributed by atoms with E-state index in [4.69, 9.17) is 9.47 Å². The van der Waals surface area contributed by atoms with E-state index >= 15 is 0 Å². The van der Waals surface area contributed by atoms with Crippen LogP contribution in [0.2, 0.25) is 0 Å². The fraction of sp³-hybridized carbons (Fsp3) is 0.222. The van der Waals surface area contributed by atoms with Gasteiger partial charge >= 0.3 is 12.1 Å². The lowest BCUT2D eigenvalue weighted by atomic mass is 10.2. The SMILES string of the molecule is CCOC(=O)c1ccc(S(=O)(=O)Nc2cccc(N3CCOC3=O)c2)c(Br)c1. The Balaban J connectivity index is 1.84. The number of halogens is 1. The molecule has 1 aliphatic rings. The van der Waals surface area contributed by atoms with Crippen LogP contribution in [0.25, 0.3) is 0 Å². The highest BCUT2D eigenvalue weighted by Crippen LogP contribution is 2.28. The summed E-state index contributed by atoms with van der Waals surface area (Å²) in [5.74, 6) is -0.537. The van der Waals surface area contributed by atoms with Crippen molar-refractivity contribution in [2.45, 2.75) is 11.8 Å². The quantitative estimate of drug-likeness (QED) is 0.651. The summed E-state index contributed by atoms with van der Waals surface area (Å²) in [7, 11) is -3.94. The molecule has 0 aromatic heterocycles. The van der Waals surface area contributed by atoms with Crippen molar-refractivity contribution in [2.75, 3.05) is 29.4 Å². The number of nitrogens with one attached hydrogen (secondary N) is 1. The maximum absolute atomic E-state index is 12.8. The Labute approximate surface area is 170 Å². The van der Waals surface area contributed by atoms with Crippen LogP contribution in [0.3, 0.4) is 0 Å². The molecule has 0 aliphatic carbocycles. The number of carbonyl (C=O) groups excluding carboxylic acids is 2. The van der Waals surface area contributed by atoms with Crippen LogP contribution < -0.4 is 9.62 Å². The molecule has 1 aliphatic heterocycles. The molecular weight excluding hydrogens is 452 g/mol. The van der Waals surface area contributed by atoms with Gasteiger partial charge in [-0.15, -0.1) is 0 Å². The second kappa shape index (κ2) is 8.19. The molecular formula is C18H17BrN2O6S. The lowest BCUT2D eigenvalue weighted by molar-refractivity contribution is 0.0526. The number of esters is 1. The van der Waals surface area contributed by atoms with E-state index in [1.165, 1.54) is 23.1 Å². The van der Waals surface area contributed by atoms with Gasteiger partial charge in [-0.1, -0.05) is 6.07 Å². The number of anilines is 2. The zero-order valence-electron chi connectivity index (χ0n) is 14.8. The first-order valence-corrected chi connectivity index (χ1v) is 10.6. The average Bonchev–Trinajstić information content (AvgIpc) is 3.07. The minimum atomic E-state index is -3.94. The van der Waals surface area contributed by atoms with E-state index in [0.717, 1.165) is 0 Å². The van der Waals surface area contributed by atoms with Gasteiger partial charge in [0.05, 0.1) is 24.4 Å². The summed E-state index contributed by atoms with van der Waals surface area (Å²) in [6.45, 7) is 2.59. The number of nitrogens with zero attached hydrogens (tertiary/aromatic N) is 1. The lowest BCUT2D eigenvalue weighted by Gasteiger charge is -2.15. The lowest BCUT2D eigenvalue weighted by Crippen LogP contribution is -2.23. The molecule has 10 heteroatoms. The van der Waals surface area contributed by atoms with E-state index < -0.39 is 22.1 Å². The van der Waals surface area contributed by atoms with Crippen molar-refractivity contribution in [1.82, 2.24) is 0 Å². The molecule has 1 fully saturated rings. The number of benzene rings is 2. The average molecular weight is 469 g/mol. The Morgan fingerprint density at radius 2 is 2.07 bits per heavy atom. The van der Waals surface area contributed by atoms with E-state index in [-0.39, 0.29) is 28.1 Å². The van der Waals surface area contributed by atoms with Crippen molar-refractivity contribution in [2.24, 2.45) is 0 Å². The Morgan fingerprint density at radius 1 is 1.29 bits per heavy atom. The van der Waals surface area contributed by atoms with Gasteiger partial charge in [0.1, 0.15) is 11.5 Å². The van der Waals surface area contributed by atoms with Crippen LogP contribution in [0.5, 0.6) is 0 Å². The van der Waals surface area contributed by atoms with Crippen molar-refractivity contribution < 1.29 is 27.5 Å². The predicted molar refractivity (Wildman–Crippen MR) is 106 cm³/mol. The van der Waals surface area contributed by atoms with Gasteiger partial charge in [-0.3, -0.25) is 9.62 Å². The van der Waals surface area contributed by atoms with Crippen molar-refractivity contribution in [3.8, 4) is 0 Å². The van der Waals surface area contributed by atoms with Crippen LogP contribution in [0.15, 0.2) is 51.8 Å². The number of cyclic esters (lactones) is 1. The molecule has 1 amide bonds. The maximum atomic E-state index is 12.8. The molecule has 2 aromatic rings. The van der Waals surface area contributed by atoms with Crippen LogP contribution in [0.4, 0.5) is 16.2 Å². The van der Waals surface area contributed by atoms with E-state index in [0.29, 0.717) is 17.9 Å². The Bertz CT molecular complexity index is 1020. The van der Waals surface area contributed by atoms with Crippen LogP contribution in [-0.4, -0.2) is 40.2 Å². The second-order valence-corrected chi connectivity index (χ2v) is 8.29. The Morgan fingerprint density at radius 3 is 2.71 bits per heavy atom. The number of ether oxygens (including phenoxy) is 2. The molecule has 0 spiro atoms. The summed E-state index contributed by atoms with van der Waals surface area (Å²) < 4.78 is 38.0. The topological polar surface area (TPSA) is 102 Å². The van der Waals surface area contributed by atoms with Crippen molar-refractivity contribution in [1.29, 1.82) is 0 Å². The summed E-state index contributed by atoms with van der Waals surface area (Å²) >= 11 is 3.20. The highest BCUT2D eigenvalue weighted by molar-refractivity contribution is 9.10. The number of amides is 1. The molecule has 1 N–H and O–H groups in total. The number of rotatable bonds is 6. The molecule has 2 aromatic carbocycles. The summed E-state index contributed by atoms with van der Waals surface area (Å²) in [6.07, 6.45) is -0.475. The van der Waals surface area contributed by atoms with Gasteiger partial charge in [-0.05, 0) is 59.3 Å². The summed E-state index contributed by atoms with van der Waals surface area (Å²) in [6, 6.07) is 10.5. The number of carbonyl (C=O) groups is 2. The fourth-order valence-corrected chi connectivity index (χ4v) is 4.76. The van der Waals surface area contributed by atoms with Crippen LogP contribution >= 0.6 is 15.9 Å². The first-order valence-electron chi connectivity index (χ1n) is 8.35. The Hall–Kier alpha value is -2.59. The molecule has 1 heterocycles. The van der Waals surface area contributed by atoms with E-state index in [1.807, 2.05) is 0 Å². The van der Waals surface area contributed by atoms with E-state index in [9.17, 15) is 18.0 Å².